The van der Waals surface area contributed by atoms with E-state index in [9.17, 15) is 14.4 Å². The Morgan fingerprint density at radius 2 is 1.93 bits per heavy atom. The Balaban J connectivity index is 1.64. The Kier molecular flexibility index (Phi) is 5.17. The van der Waals surface area contributed by atoms with Gasteiger partial charge < -0.3 is 15.1 Å². The third-order valence-corrected chi connectivity index (χ3v) is 5.64. The van der Waals surface area contributed by atoms with Gasteiger partial charge in [0.05, 0.1) is 11.3 Å². The number of carbonyl (C=O) groups excluding carboxylic acids is 3. The number of benzene rings is 2. The molecule has 2 aliphatic rings. The van der Waals surface area contributed by atoms with Crippen LogP contribution in [0.4, 0.5) is 11.4 Å². The summed E-state index contributed by atoms with van der Waals surface area (Å²) in [6.07, 6.45) is 2.41. The van der Waals surface area contributed by atoms with Crippen molar-refractivity contribution in [3.8, 4) is 0 Å². The van der Waals surface area contributed by atoms with E-state index in [0.717, 1.165) is 17.3 Å². The summed E-state index contributed by atoms with van der Waals surface area (Å²) in [4.78, 5) is 42.1. The number of halogens is 1. The molecule has 2 heterocycles. The predicted molar refractivity (Wildman–Crippen MR) is 110 cm³/mol. The fraction of sp³-hybridized carbons (Fsp3) is 0.286. The third-order valence-electron chi connectivity index (χ3n) is 5.15. The SMILES string of the molecule is O=C(CN1C(=O)[C@H]2CCCCN2C(=O)c2ccccc21)Nc1cccc(Br)c1. The summed E-state index contributed by atoms with van der Waals surface area (Å²) < 4.78 is 0.852. The molecule has 2 aromatic rings. The molecule has 0 bridgehead atoms. The van der Waals surface area contributed by atoms with E-state index in [4.69, 9.17) is 0 Å². The zero-order chi connectivity index (χ0) is 19.7. The highest BCUT2D eigenvalue weighted by Gasteiger charge is 2.40. The van der Waals surface area contributed by atoms with Crippen LogP contribution in [-0.2, 0) is 9.59 Å². The molecule has 1 atom stereocenters. The second kappa shape index (κ2) is 7.75. The van der Waals surface area contributed by atoms with Gasteiger partial charge in [0.25, 0.3) is 5.91 Å². The van der Waals surface area contributed by atoms with Gasteiger partial charge in [-0.05, 0) is 49.6 Å². The van der Waals surface area contributed by atoms with Gasteiger partial charge >= 0.3 is 0 Å². The highest BCUT2D eigenvalue weighted by atomic mass is 79.9. The topological polar surface area (TPSA) is 69.7 Å². The summed E-state index contributed by atoms with van der Waals surface area (Å²) >= 11 is 3.38. The van der Waals surface area contributed by atoms with Crippen molar-refractivity contribution in [3.05, 3.63) is 58.6 Å². The first kappa shape index (κ1) is 18.7. The molecule has 1 N–H and O–H groups in total. The van der Waals surface area contributed by atoms with E-state index < -0.39 is 6.04 Å². The number of amides is 3. The number of piperidine rings is 1. The minimum atomic E-state index is -0.507. The highest BCUT2D eigenvalue weighted by molar-refractivity contribution is 9.10. The Morgan fingerprint density at radius 1 is 1.11 bits per heavy atom. The molecule has 1 saturated heterocycles. The molecule has 0 aromatic heterocycles. The Bertz CT molecular complexity index is 946. The molecule has 4 rings (SSSR count). The number of para-hydroxylation sites is 1. The Labute approximate surface area is 171 Å². The van der Waals surface area contributed by atoms with Gasteiger partial charge in [-0.3, -0.25) is 14.4 Å². The maximum Gasteiger partial charge on any atom is 0.256 e. The molecule has 28 heavy (non-hydrogen) atoms. The van der Waals surface area contributed by atoms with Crippen molar-refractivity contribution in [1.29, 1.82) is 0 Å². The Hall–Kier alpha value is -2.67. The fourth-order valence-corrected chi connectivity index (χ4v) is 4.25. The van der Waals surface area contributed by atoms with Crippen molar-refractivity contribution < 1.29 is 14.4 Å². The summed E-state index contributed by atoms with van der Waals surface area (Å²) in [6.45, 7) is 0.432. The summed E-state index contributed by atoms with van der Waals surface area (Å²) in [5.74, 6) is -0.635. The molecule has 0 aliphatic carbocycles. The van der Waals surface area contributed by atoms with Crippen LogP contribution in [0.15, 0.2) is 53.0 Å². The van der Waals surface area contributed by atoms with Crippen molar-refractivity contribution in [3.63, 3.8) is 0 Å². The van der Waals surface area contributed by atoms with Gasteiger partial charge in [-0.15, -0.1) is 0 Å². The molecule has 144 valence electrons. The van der Waals surface area contributed by atoms with Gasteiger partial charge in [0, 0.05) is 16.7 Å². The molecule has 0 radical (unpaired) electrons. The average molecular weight is 442 g/mol. The van der Waals surface area contributed by atoms with Gasteiger partial charge in [-0.2, -0.15) is 0 Å². The van der Waals surface area contributed by atoms with E-state index in [0.29, 0.717) is 29.9 Å². The Morgan fingerprint density at radius 3 is 2.75 bits per heavy atom. The van der Waals surface area contributed by atoms with Crippen molar-refractivity contribution in [2.75, 3.05) is 23.3 Å². The molecule has 2 aliphatic heterocycles. The number of nitrogens with one attached hydrogen (secondary N) is 1. The molecule has 6 nitrogen and oxygen atoms in total. The van der Waals surface area contributed by atoms with Crippen LogP contribution in [0.2, 0.25) is 0 Å². The lowest BCUT2D eigenvalue weighted by molar-refractivity contribution is -0.125. The van der Waals surface area contributed by atoms with E-state index in [1.165, 1.54) is 4.90 Å². The maximum absolute atomic E-state index is 13.3. The van der Waals surface area contributed by atoms with Gasteiger partial charge in [0.1, 0.15) is 12.6 Å². The van der Waals surface area contributed by atoms with Crippen LogP contribution in [0.25, 0.3) is 0 Å². The van der Waals surface area contributed by atoms with Crippen LogP contribution < -0.4 is 10.2 Å². The number of carbonyl (C=O) groups is 3. The maximum atomic E-state index is 13.3. The molecule has 0 spiro atoms. The molecule has 3 amide bonds. The number of nitrogens with zero attached hydrogens (tertiary/aromatic N) is 2. The molecule has 2 aromatic carbocycles. The first-order chi connectivity index (χ1) is 13.5. The van der Waals surface area contributed by atoms with E-state index in [1.807, 2.05) is 12.1 Å². The number of fused-ring (bicyclic) bond motifs is 2. The molecule has 7 heteroatoms. The first-order valence-corrected chi connectivity index (χ1v) is 10.1. The van der Waals surface area contributed by atoms with E-state index in [-0.39, 0.29) is 24.3 Å². The lowest BCUT2D eigenvalue weighted by Crippen LogP contribution is -2.52. The van der Waals surface area contributed by atoms with Crippen molar-refractivity contribution >= 4 is 45.0 Å². The fourth-order valence-electron chi connectivity index (χ4n) is 3.85. The minimum absolute atomic E-state index is 0.136. The van der Waals surface area contributed by atoms with Gasteiger partial charge in [0.15, 0.2) is 0 Å². The zero-order valence-corrected chi connectivity index (χ0v) is 16.8. The molecular formula is C21H20BrN3O3. The number of anilines is 2. The smallest absolute Gasteiger partial charge is 0.256 e. The largest absolute Gasteiger partial charge is 0.327 e. The number of rotatable bonds is 3. The van der Waals surface area contributed by atoms with Crippen molar-refractivity contribution in [2.24, 2.45) is 0 Å². The van der Waals surface area contributed by atoms with Gasteiger partial charge in [-0.25, -0.2) is 0 Å². The summed E-state index contributed by atoms with van der Waals surface area (Å²) in [6, 6.07) is 13.8. The summed E-state index contributed by atoms with van der Waals surface area (Å²) in [5, 5.41) is 2.82. The van der Waals surface area contributed by atoms with Crippen molar-refractivity contribution in [1.82, 2.24) is 4.90 Å². The standard InChI is InChI=1S/C21H20BrN3O3/c22-14-6-5-7-15(12-14)23-19(26)13-25-17-9-2-1-8-16(17)20(27)24-11-4-3-10-18(24)21(25)28/h1-2,5-9,12,18H,3-4,10-11,13H2,(H,23,26)/t18-/m1/s1. The second-order valence-corrected chi connectivity index (χ2v) is 7.93. The highest BCUT2D eigenvalue weighted by Crippen LogP contribution is 2.31. The molecule has 0 unspecified atom stereocenters. The molecule has 0 saturated carbocycles. The monoisotopic (exact) mass is 441 g/mol. The minimum Gasteiger partial charge on any atom is -0.327 e. The van der Waals surface area contributed by atoms with E-state index >= 15 is 0 Å². The lowest BCUT2D eigenvalue weighted by Gasteiger charge is -2.34. The lowest BCUT2D eigenvalue weighted by atomic mass is 10.0. The van der Waals surface area contributed by atoms with Crippen LogP contribution >= 0.6 is 15.9 Å². The van der Waals surface area contributed by atoms with E-state index in [2.05, 4.69) is 21.2 Å². The van der Waals surface area contributed by atoms with Crippen LogP contribution in [0.5, 0.6) is 0 Å². The van der Waals surface area contributed by atoms with E-state index in [1.54, 1.807) is 41.3 Å². The summed E-state index contributed by atoms with van der Waals surface area (Å²) in [7, 11) is 0. The first-order valence-electron chi connectivity index (χ1n) is 9.31. The number of hydrogen-bond donors (Lipinski definition) is 1. The zero-order valence-electron chi connectivity index (χ0n) is 15.2. The van der Waals surface area contributed by atoms with Crippen LogP contribution in [0, 0.1) is 0 Å². The van der Waals surface area contributed by atoms with Crippen LogP contribution in [-0.4, -0.2) is 41.8 Å². The third kappa shape index (κ3) is 3.54. The summed E-state index contributed by atoms with van der Waals surface area (Å²) in [5.41, 5.74) is 1.61. The number of hydrogen-bond acceptors (Lipinski definition) is 3. The predicted octanol–water partition coefficient (Wildman–Crippen LogP) is 3.43. The van der Waals surface area contributed by atoms with Gasteiger partial charge in [-0.1, -0.05) is 34.1 Å². The second-order valence-electron chi connectivity index (χ2n) is 7.01. The molecular weight excluding hydrogens is 422 g/mol. The van der Waals surface area contributed by atoms with Gasteiger partial charge in [0.2, 0.25) is 11.8 Å². The van der Waals surface area contributed by atoms with Crippen molar-refractivity contribution in [2.45, 2.75) is 25.3 Å². The quantitative estimate of drug-likeness (QED) is 0.792. The molecule has 1 fully saturated rings. The normalized spacial score (nSPS) is 19.0. The average Bonchev–Trinajstić information content (AvgIpc) is 2.78. The van der Waals surface area contributed by atoms with Crippen LogP contribution in [0.3, 0.4) is 0 Å². The van der Waals surface area contributed by atoms with Crippen LogP contribution in [0.1, 0.15) is 29.6 Å².